The first kappa shape index (κ1) is 20.0. The van der Waals surface area contributed by atoms with Crippen LogP contribution in [0.1, 0.15) is 39.3 Å². The van der Waals surface area contributed by atoms with E-state index in [2.05, 4.69) is 46.7 Å². The van der Waals surface area contributed by atoms with E-state index in [9.17, 15) is 4.79 Å². The zero-order valence-corrected chi connectivity index (χ0v) is 15.2. The normalized spacial score (nSPS) is 12.1. The van der Waals surface area contributed by atoms with Crippen LogP contribution in [0.5, 0.6) is 0 Å². The summed E-state index contributed by atoms with van der Waals surface area (Å²) in [7, 11) is 1.59. The molecule has 0 radical (unpaired) electrons. The average Bonchev–Trinajstić information content (AvgIpc) is 2.99. The van der Waals surface area contributed by atoms with Crippen LogP contribution in [-0.4, -0.2) is 50.2 Å². The Morgan fingerprint density at radius 2 is 2.08 bits per heavy atom. The Balaban J connectivity index is 2.51. The molecule has 3 N–H and O–H groups in total. The second-order valence-electron chi connectivity index (χ2n) is 6.26. The lowest BCUT2D eigenvalue weighted by Gasteiger charge is -2.13. The number of hydrogen-bond acceptors (Lipinski definition) is 5. The van der Waals surface area contributed by atoms with Gasteiger partial charge in [-0.05, 0) is 6.92 Å². The topological polar surface area (TPSA) is 101 Å². The van der Waals surface area contributed by atoms with Crippen LogP contribution in [0.2, 0.25) is 0 Å². The number of carbonyl (C=O) groups excluding carboxylic acids is 1. The van der Waals surface area contributed by atoms with Gasteiger partial charge in [0.2, 0.25) is 11.8 Å². The van der Waals surface area contributed by atoms with Crippen molar-refractivity contribution in [2.45, 2.75) is 39.7 Å². The molecule has 8 nitrogen and oxygen atoms in total. The molecule has 8 heteroatoms. The van der Waals surface area contributed by atoms with E-state index in [0.717, 1.165) is 5.76 Å². The molecule has 24 heavy (non-hydrogen) atoms. The summed E-state index contributed by atoms with van der Waals surface area (Å²) in [6.07, 6.45) is 1.74. The second-order valence-corrected chi connectivity index (χ2v) is 6.26. The minimum absolute atomic E-state index is 0.0396. The highest BCUT2D eigenvalue weighted by atomic mass is 16.5. The Morgan fingerprint density at radius 3 is 2.67 bits per heavy atom. The third-order valence-electron chi connectivity index (χ3n) is 3.05. The monoisotopic (exact) mass is 339 g/mol. The van der Waals surface area contributed by atoms with Crippen molar-refractivity contribution in [2.24, 2.45) is 4.99 Å². The van der Waals surface area contributed by atoms with Gasteiger partial charge in [0, 0.05) is 25.6 Å². The molecule has 0 aliphatic carbocycles. The standard InChI is InChI=1S/C16H29N5O3/c1-6-17-15(20-10-13(22)18-7-8-23-5)21-11-14-19-9-12(24-14)16(2,3)4/h9H,6-8,10-11H2,1-5H3,(H,18,22)(H2,17,20,21). The number of amides is 1. The smallest absolute Gasteiger partial charge is 0.241 e. The van der Waals surface area contributed by atoms with Gasteiger partial charge in [0.1, 0.15) is 12.3 Å². The highest BCUT2D eigenvalue weighted by Gasteiger charge is 2.19. The van der Waals surface area contributed by atoms with Crippen molar-refractivity contribution in [3.05, 3.63) is 17.8 Å². The Bertz CT molecular complexity index is 534. The SMILES string of the molecule is CCNC(=NCC(=O)NCCOC)NCc1ncc(C(C)(C)C)o1. The molecule has 1 amide bonds. The molecule has 0 fully saturated rings. The summed E-state index contributed by atoms with van der Waals surface area (Å²) in [4.78, 5) is 20.1. The van der Waals surface area contributed by atoms with Gasteiger partial charge in [0.05, 0.1) is 19.3 Å². The lowest BCUT2D eigenvalue weighted by Crippen LogP contribution is -2.38. The van der Waals surface area contributed by atoms with Crippen LogP contribution >= 0.6 is 0 Å². The lowest BCUT2D eigenvalue weighted by molar-refractivity contribution is -0.119. The van der Waals surface area contributed by atoms with Gasteiger partial charge in [0.15, 0.2) is 5.96 Å². The van der Waals surface area contributed by atoms with Crippen LogP contribution in [-0.2, 0) is 21.5 Å². The predicted molar refractivity (Wildman–Crippen MR) is 92.9 cm³/mol. The summed E-state index contributed by atoms with van der Waals surface area (Å²) in [5, 5.41) is 8.90. The number of aliphatic imine (C=N–C) groups is 1. The third-order valence-corrected chi connectivity index (χ3v) is 3.05. The molecule has 0 unspecified atom stereocenters. The number of carbonyl (C=O) groups is 1. The summed E-state index contributed by atoms with van der Waals surface area (Å²) < 4.78 is 10.6. The molecular weight excluding hydrogens is 310 g/mol. The molecule has 1 heterocycles. The molecule has 1 rings (SSSR count). The van der Waals surface area contributed by atoms with Gasteiger partial charge >= 0.3 is 0 Å². The third kappa shape index (κ3) is 7.45. The van der Waals surface area contributed by atoms with Crippen molar-refractivity contribution in [1.29, 1.82) is 0 Å². The van der Waals surface area contributed by atoms with Crippen LogP contribution in [0.3, 0.4) is 0 Å². The number of nitrogens with zero attached hydrogens (tertiary/aromatic N) is 2. The number of oxazole rings is 1. The molecular formula is C16H29N5O3. The highest BCUT2D eigenvalue weighted by Crippen LogP contribution is 2.22. The summed E-state index contributed by atoms with van der Waals surface area (Å²) in [6, 6.07) is 0. The molecule has 136 valence electrons. The molecule has 0 aromatic carbocycles. The van der Waals surface area contributed by atoms with Gasteiger partial charge in [-0.15, -0.1) is 0 Å². The lowest BCUT2D eigenvalue weighted by atomic mass is 9.94. The zero-order valence-electron chi connectivity index (χ0n) is 15.2. The molecule has 0 atom stereocenters. The van der Waals surface area contributed by atoms with Gasteiger partial charge in [-0.1, -0.05) is 20.8 Å². The number of rotatable bonds is 8. The second kappa shape index (κ2) is 9.92. The predicted octanol–water partition coefficient (Wildman–Crippen LogP) is 0.790. The van der Waals surface area contributed by atoms with Crippen LogP contribution < -0.4 is 16.0 Å². The quantitative estimate of drug-likeness (QED) is 0.368. The fraction of sp³-hybridized carbons (Fsp3) is 0.688. The maximum Gasteiger partial charge on any atom is 0.241 e. The molecule has 0 spiro atoms. The van der Waals surface area contributed by atoms with Crippen LogP contribution in [0.25, 0.3) is 0 Å². The van der Waals surface area contributed by atoms with Crippen LogP contribution in [0, 0.1) is 0 Å². The largest absolute Gasteiger partial charge is 0.443 e. The van der Waals surface area contributed by atoms with E-state index in [1.54, 1.807) is 13.3 Å². The van der Waals surface area contributed by atoms with Crippen molar-refractivity contribution in [1.82, 2.24) is 20.9 Å². The maximum atomic E-state index is 11.7. The Morgan fingerprint density at radius 1 is 1.33 bits per heavy atom. The van der Waals surface area contributed by atoms with E-state index in [-0.39, 0.29) is 17.9 Å². The highest BCUT2D eigenvalue weighted by molar-refractivity contribution is 5.84. The molecule has 0 saturated carbocycles. The van der Waals surface area contributed by atoms with Crippen LogP contribution in [0.15, 0.2) is 15.6 Å². The maximum absolute atomic E-state index is 11.7. The van der Waals surface area contributed by atoms with Crippen molar-refractivity contribution in [3.8, 4) is 0 Å². The minimum atomic E-state index is -0.157. The van der Waals surface area contributed by atoms with E-state index >= 15 is 0 Å². The van der Waals surface area contributed by atoms with Crippen molar-refractivity contribution in [3.63, 3.8) is 0 Å². The van der Waals surface area contributed by atoms with Crippen LogP contribution in [0.4, 0.5) is 0 Å². The summed E-state index contributed by atoms with van der Waals surface area (Å²) in [5.74, 6) is 1.79. The van der Waals surface area contributed by atoms with Crippen molar-refractivity contribution >= 4 is 11.9 Å². The number of aromatic nitrogens is 1. The van der Waals surface area contributed by atoms with Gasteiger partial charge in [-0.25, -0.2) is 9.98 Å². The molecule has 0 aliphatic heterocycles. The number of nitrogens with one attached hydrogen (secondary N) is 3. The first-order valence-corrected chi connectivity index (χ1v) is 8.09. The Hall–Kier alpha value is -2.09. The minimum Gasteiger partial charge on any atom is -0.443 e. The van der Waals surface area contributed by atoms with Gasteiger partial charge in [-0.3, -0.25) is 4.79 Å². The number of methoxy groups -OCH3 is 1. The fourth-order valence-electron chi connectivity index (χ4n) is 1.74. The molecule has 1 aromatic heterocycles. The summed E-state index contributed by atoms with van der Waals surface area (Å²) in [5.41, 5.74) is -0.0792. The van der Waals surface area contributed by atoms with E-state index in [0.29, 0.717) is 38.1 Å². The Labute approximate surface area is 143 Å². The molecule has 0 aliphatic rings. The average molecular weight is 339 g/mol. The molecule has 0 bridgehead atoms. The number of ether oxygens (including phenoxy) is 1. The number of hydrogen-bond donors (Lipinski definition) is 3. The van der Waals surface area contributed by atoms with Crippen molar-refractivity contribution < 1.29 is 13.9 Å². The van der Waals surface area contributed by atoms with Gasteiger partial charge < -0.3 is 25.1 Å². The first-order chi connectivity index (χ1) is 11.4. The van der Waals surface area contributed by atoms with E-state index in [4.69, 9.17) is 9.15 Å². The van der Waals surface area contributed by atoms with Gasteiger partial charge in [0.25, 0.3) is 0 Å². The fourth-order valence-corrected chi connectivity index (χ4v) is 1.74. The molecule has 1 aromatic rings. The summed E-state index contributed by atoms with van der Waals surface area (Å²) in [6.45, 7) is 10.2. The number of guanidine groups is 1. The van der Waals surface area contributed by atoms with E-state index < -0.39 is 0 Å². The first-order valence-electron chi connectivity index (χ1n) is 8.09. The zero-order chi connectivity index (χ0) is 18.0. The van der Waals surface area contributed by atoms with E-state index in [1.807, 2.05) is 6.92 Å². The van der Waals surface area contributed by atoms with Gasteiger partial charge in [-0.2, -0.15) is 0 Å². The van der Waals surface area contributed by atoms with Crippen molar-refractivity contribution in [2.75, 3.05) is 33.4 Å². The molecule has 0 saturated heterocycles. The summed E-state index contributed by atoms with van der Waals surface area (Å²) >= 11 is 0. The Kier molecular flexibility index (Phi) is 8.25. The van der Waals surface area contributed by atoms with E-state index in [1.165, 1.54) is 0 Å².